The van der Waals surface area contributed by atoms with Gasteiger partial charge in [-0.05, 0) is 42.4 Å². The molecule has 8 heteroatoms. The topological polar surface area (TPSA) is 9.23 Å². The van der Waals surface area contributed by atoms with Crippen LogP contribution >= 0.6 is 0 Å². The summed E-state index contributed by atoms with van der Waals surface area (Å²) in [6.07, 6.45) is -1.43. The van der Waals surface area contributed by atoms with E-state index < -0.39 is 46.5 Å². The minimum absolute atomic E-state index is 0. The van der Waals surface area contributed by atoms with Crippen LogP contribution < -0.4 is 4.74 Å². The zero-order chi connectivity index (χ0) is 20.6. The molecular weight excluding hydrogens is 389 g/mol. The van der Waals surface area contributed by atoms with Crippen molar-refractivity contribution in [2.24, 2.45) is 5.92 Å². The van der Waals surface area contributed by atoms with E-state index in [1.165, 1.54) is 0 Å². The van der Waals surface area contributed by atoms with Crippen LogP contribution in [0.4, 0.5) is 30.7 Å². The molecule has 1 aliphatic carbocycles. The van der Waals surface area contributed by atoms with E-state index in [-0.39, 0.29) is 25.0 Å². The summed E-state index contributed by atoms with van der Waals surface area (Å²) < 4.78 is 101. The van der Waals surface area contributed by atoms with Crippen molar-refractivity contribution >= 4 is 0 Å². The van der Waals surface area contributed by atoms with E-state index in [2.05, 4.69) is 11.7 Å². The molecule has 2 aromatic carbocycles. The van der Waals surface area contributed by atoms with Crippen molar-refractivity contribution in [2.45, 2.75) is 44.6 Å². The van der Waals surface area contributed by atoms with Gasteiger partial charge in [0.2, 0.25) is 0 Å². The molecule has 0 aliphatic heterocycles. The summed E-state index contributed by atoms with van der Waals surface area (Å²) in [4.78, 5) is 0. The van der Waals surface area contributed by atoms with Gasteiger partial charge in [-0.3, -0.25) is 0 Å². The van der Waals surface area contributed by atoms with Crippen LogP contribution in [0.1, 0.15) is 51.1 Å². The molecule has 0 heterocycles. The van der Waals surface area contributed by atoms with Gasteiger partial charge in [0.15, 0.2) is 17.5 Å². The quantitative estimate of drug-likeness (QED) is 0.389. The molecule has 28 heavy (non-hydrogen) atoms. The van der Waals surface area contributed by atoms with Crippen molar-refractivity contribution in [3.8, 4) is 5.75 Å². The minimum atomic E-state index is -4.56. The minimum Gasteiger partial charge on any atom is -0.429 e. The first-order chi connectivity index (χ1) is 13.1. The Hall–Kier alpha value is -2.25. The maximum Gasteiger partial charge on any atom is 0.432 e. The Kier molecular flexibility index (Phi) is 5.59. The second-order valence-electron chi connectivity index (χ2n) is 7.14. The normalized spacial score (nSPS) is 20.3. The highest BCUT2D eigenvalue weighted by atomic mass is 19.3. The molecule has 2 aromatic rings. The van der Waals surface area contributed by atoms with E-state index in [9.17, 15) is 30.7 Å². The van der Waals surface area contributed by atoms with Crippen LogP contribution in [0.15, 0.2) is 24.3 Å². The highest BCUT2D eigenvalue weighted by molar-refractivity contribution is 5.33. The molecule has 0 unspecified atom stereocenters. The Morgan fingerprint density at radius 2 is 1.32 bits per heavy atom. The van der Waals surface area contributed by atoms with E-state index in [1.807, 2.05) is 0 Å². The SMILES string of the molecule is CC1CCC(c2cc(F)c(C(F)(F)Oc3cc(F)c(F)c(F)c3)c(F)c2)CC1.[HH]. The summed E-state index contributed by atoms with van der Waals surface area (Å²) in [5, 5.41) is 0. The van der Waals surface area contributed by atoms with Gasteiger partial charge in [-0.1, -0.05) is 19.8 Å². The Morgan fingerprint density at radius 3 is 1.82 bits per heavy atom. The monoisotopic (exact) mass is 408 g/mol. The highest BCUT2D eigenvalue weighted by Crippen LogP contribution is 2.40. The molecule has 0 bridgehead atoms. The van der Waals surface area contributed by atoms with Crippen LogP contribution in [0, 0.1) is 35.0 Å². The maximum absolute atomic E-state index is 14.4. The van der Waals surface area contributed by atoms with Crippen LogP contribution in [0.2, 0.25) is 0 Å². The lowest BCUT2D eigenvalue weighted by atomic mass is 9.79. The van der Waals surface area contributed by atoms with Crippen LogP contribution in [0.3, 0.4) is 0 Å². The third-order valence-corrected chi connectivity index (χ3v) is 5.05. The molecule has 1 fully saturated rings. The van der Waals surface area contributed by atoms with Gasteiger partial charge in [-0.2, -0.15) is 8.78 Å². The average Bonchev–Trinajstić information content (AvgIpc) is 2.59. The number of benzene rings is 2. The smallest absolute Gasteiger partial charge is 0.429 e. The number of alkyl halides is 2. The first-order valence-corrected chi connectivity index (χ1v) is 8.79. The predicted molar refractivity (Wildman–Crippen MR) is 89.7 cm³/mol. The molecule has 0 amide bonds. The standard InChI is InChI=1S/C20H17F7O.H2/c1-10-2-4-11(5-3-10)12-6-14(21)18(15(22)7-12)20(26,27)28-13-8-16(23)19(25)17(24)9-13;/h6-11H,2-5H2,1H3;1H. The Labute approximate surface area is 158 Å². The van der Waals surface area contributed by atoms with Gasteiger partial charge in [0.1, 0.15) is 22.9 Å². The summed E-state index contributed by atoms with van der Waals surface area (Å²) in [6, 6.07) is 2.00. The zero-order valence-corrected chi connectivity index (χ0v) is 14.8. The van der Waals surface area contributed by atoms with Gasteiger partial charge in [0.25, 0.3) is 0 Å². The zero-order valence-electron chi connectivity index (χ0n) is 14.8. The van der Waals surface area contributed by atoms with Crippen LogP contribution in [-0.4, -0.2) is 0 Å². The van der Waals surface area contributed by atoms with Crippen molar-refractivity contribution in [1.82, 2.24) is 0 Å². The van der Waals surface area contributed by atoms with E-state index in [4.69, 9.17) is 0 Å². The Morgan fingerprint density at radius 1 is 0.821 bits per heavy atom. The predicted octanol–water partition coefficient (Wildman–Crippen LogP) is 7.05. The van der Waals surface area contributed by atoms with Crippen molar-refractivity contribution in [3.05, 3.63) is 64.5 Å². The maximum atomic E-state index is 14.4. The fourth-order valence-electron chi connectivity index (χ4n) is 3.49. The molecule has 0 aromatic heterocycles. The van der Waals surface area contributed by atoms with Gasteiger partial charge in [-0.15, -0.1) is 0 Å². The summed E-state index contributed by atoms with van der Waals surface area (Å²) in [5.74, 6) is -9.21. The van der Waals surface area contributed by atoms with E-state index in [0.717, 1.165) is 25.0 Å². The van der Waals surface area contributed by atoms with Crippen LogP contribution in [0.25, 0.3) is 0 Å². The number of hydrogen-bond acceptors (Lipinski definition) is 1. The number of ether oxygens (including phenoxy) is 1. The van der Waals surface area contributed by atoms with Gasteiger partial charge in [0.05, 0.1) is 0 Å². The molecule has 0 atom stereocenters. The average molecular weight is 408 g/mol. The molecule has 1 aliphatic rings. The summed E-state index contributed by atoms with van der Waals surface area (Å²) in [7, 11) is 0. The van der Waals surface area contributed by atoms with Crippen molar-refractivity contribution in [2.75, 3.05) is 0 Å². The first kappa shape index (κ1) is 20.5. The molecule has 0 radical (unpaired) electrons. The third-order valence-electron chi connectivity index (χ3n) is 5.05. The van der Waals surface area contributed by atoms with E-state index >= 15 is 0 Å². The Balaban J connectivity index is 0.00000300. The van der Waals surface area contributed by atoms with Crippen molar-refractivity contribution in [1.29, 1.82) is 0 Å². The first-order valence-electron chi connectivity index (χ1n) is 8.79. The van der Waals surface area contributed by atoms with Gasteiger partial charge < -0.3 is 4.74 Å². The number of halogens is 7. The summed E-state index contributed by atoms with van der Waals surface area (Å²) in [6.45, 7) is 2.07. The van der Waals surface area contributed by atoms with Crippen molar-refractivity contribution in [3.63, 3.8) is 0 Å². The lowest BCUT2D eigenvalue weighted by Gasteiger charge is -2.27. The van der Waals surface area contributed by atoms with Crippen LogP contribution in [-0.2, 0) is 6.11 Å². The largest absolute Gasteiger partial charge is 0.432 e. The molecule has 0 saturated heterocycles. The van der Waals surface area contributed by atoms with Gasteiger partial charge in [-0.25, -0.2) is 22.0 Å². The van der Waals surface area contributed by atoms with Gasteiger partial charge in [0, 0.05) is 13.6 Å². The highest BCUT2D eigenvalue weighted by Gasteiger charge is 2.42. The second kappa shape index (κ2) is 7.64. The lowest BCUT2D eigenvalue weighted by molar-refractivity contribution is -0.189. The summed E-state index contributed by atoms with van der Waals surface area (Å²) in [5.41, 5.74) is -1.40. The van der Waals surface area contributed by atoms with Crippen LogP contribution in [0.5, 0.6) is 5.75 Å². The fraction of sp³-hybridized carbons (Fsp3) is 0.400. The molecular formula is C20H19F7O. The number of hydrogen-bond donors (Lipinski definition) is 0. The molecule has 0 spiro atoms. The van der Waals surface area contributed by atoms with Crippen molar-refractivity contribution < 1.29 is 36.9 Å². The second-order valence-corrected chi connectivity index (χ2v) is 7.14. The van der Waals surface area contributed by atoms with E-state index in [1.54, 1.807) is 0 Å². The molecule has 1 saturated carbocycles. The third kappa shape index (κ3) is 4.10. The molecule has 3 rings (SSSR count). The Bertz CT molecular complexity index is 833. The molecule has 0 N–H and O–H groups in total. The summed E-state index contributed by atoms with van der Waals surface area (Å²) >= 11 is 0. The fourth-order valence-corrected chi connectivity index (χ4v) is 3.49. The molecule has 154 valence electrons. The molecule has 1 nitrogen and oxygen atoms in total. The lowest BCUT2D eigenvalue weighted by Crippen LogP contribution is -2.26. The number of rotatable bonds is 4. The van der Waals surface area contributed by atoms with E-state index in [0.29, 0.717) is 18.8 Å². The van der Waals surface area contributed by atoms with Gasteiger partial charge >= 0.3 is 6.11 Å².